The number of amides is 1. The monoisotopic (exact) mass is 410 g/mol. The minimum Gasteiger partial charge on any atom is -0.354 e. The molecule has 2 heterocycles. The second kappa shape index (κ2) is 8.25. The molecule has 1 N–H and O–H groups in total. The number of halogens is 1. The Bertz CT molecular complexity index is 1110. The Hall–Kier alpha value is -2.86. The minimum atomic E-state index is -0.346. The molecule has 0 unspecified atom stereocenters. The van der Waals surface area contributed by atoms with Gasteiger partial charge in [-0.05, 0) is 37.0 Å². The van der Waals surface area contributed by atoms with Gasteiger partial charge < -0.3 is 10.2 Å². The van der Waals surface area contributed by atoms with E-state index in [1.54, 1.807) is 30.3 Å². The lowest BCUT2D eigenvalue weighted by molar-refractivity contribution is -0.117. The van der Waals surface area contributed by atoms with Gasteiger partial charge in [0.05, 0.1) is 16.1 Å². The van der Waals surface area contributed by atoms with Gasteiger partial charge in [0, 0.05) is 18.5 Å². The molecule has 0 saturated carbocycles. The molecule has 3 aromatic rings. The van der Waals surface area contributed by atoms with Crippen molar-refractivity contribution in [3.8, 4) is 0 Å². The maximum atomic E-state index is 13.0. The molecule has 4 rings (SSSR count). The fraction of sp³-hybridized carbons (Fsp3) is 0.318. The summed E-state index contributed by atoms with van der Waals surface area (Å²) in [6.45, 7) is 3.83. The summed E-state index contributed by atoms with van der Waals surface area (Å²) in [6, 6.07) is 14.5. The van der Waals surface area contributed by atoms with E-state index >= 15 is 0 Å². The van der Waals surface area contributed by atoms with Crippen molar-refractivity contribution in [2.24, 2.45) is 5.92 Å². The lowest BCUT2D eigenvalue weighted by atomic mass is 10.00. The fourth-order valence-corrected chi connectivity index (χ4v) is 4.01. The second-order valence-electron chi connectivity index (χ2n) is 7.55. The Morgan fingerprint density at radius 2 is 1.90 bits per heavy atom. The zero-order chi connectivity index (χ0) is 20.4. The lowest BCUT2D eigenvalue weighted by Crippen LogP contribution is -2.38. The number of carbonyl (C=O) groups is 1. The van der Waals surface area contributed by atoms with Gasteiger partial charge in [-0.15, -0.1) is 0 Å². The van der Waals surface area contributed by atoms with Crippen molar-refractivity contribution in [2.45, 2.75) is 26.3 Å². The molecule has 2 aromatic carbocycles. The van der Waals surface area contributed by atoms with E-state index in [0.717, 1.165) is 30.7 Å². The Labute approximate surface area is 174 Å². The first-order valence-corrected chi connectivity index (χ1v) is 10.2. The highest BCUT2D eigenvalue weighted by Gasteiger charge is 2.22. The van der Waals surface area contributed by atoms with Gasteiger partial charge in [0.2, 0.25) is 5.91 Å². The Balaban J connectivity index is 1.69. The van der Waals surface area contributed by atoms with Crippen molar-refractivity contribution in [1.29, 1.82) is 0 Å². The average Bonchev–Trinajstić information content (AvgIpc) is 2.72. The molecule has 6 nitrogen and oxygen atoms in total. The molecule has 1 saturated heterocycles. The van der Waals surface area contributed by atoms with Crippen molar-refractivity contribution in [2.75, 3.05) is 23.3 Å². The van der Waals surface area contributed by atoms with Gasteiger partial charge in [0.25, 0.3) is 5.56 Å². The number of hydrogen-bond donors (Lipinski definition) is 1. The smallest absolute Gasteiger partial charge is 0.275 e. The topological polar surface area (TPSA) is 67.2 Å². The highest BCUT2D eigenvalue weighted by atomic mass is 35.5. The van der Waals surface area contributed by atoms with Crippen molar-refractivity contribution in [3.05, 3.63) is 63.9 Å². The summed E-state index contributed by atoms with van der Waals surface area (Å²) in [5, 5.41) is 9.20. The van der Waals surface area contributed by atoms with Crippen LogP contribution in [0.3, 0.4) is 0 Å². The molecule has 0 aliphatic carbocycles. The molecule has 1 atom stereocenters. The first-order valence-electron chi connectivity index (χ1n) is 9.82. The van der Waals surface area contributed by atoms with Crippen molar-refractivity contribution in [1.82, 2.24) is 9.78 Å². The van der Waals surface area contributed by atoms with Crippen LogP contribution < -0.4 is 15.8 Å². The summed E-state index contributed by atoms with van der Waals surface area (Å²) in [4.78, 5) is 27.8. The molecule has 0 bridgehead atoms. The summed E-state index contributed by atoms with van der Waals surface area (Å²) < 4.78 is 1.25. The fourth-order valence-electron chi connectivity index (χ4n) is 3.83. The maximum absolute atomic E-state index is 13.0. The van der Waals surface area contributed by atoms with Gasteiger partial charge >= 0.3 is 0 Å². The number of rotatable bonds is 4. The second-order valence-corrected chi connectivity index (χ2v) is 7.96. The summed E-state index contributed by atoms with van der Waals surface area (Å²) in [7, 11) is 0. The molecule has 1 fully saturated rings. The van der Waals surface area contributed by atoms with E-state index < -0.39 is 0 Å². The van der Waals surface area contributed by atoms with Gasteiger partial charge in [-0.25, -0.2) is 4.68 Å². The number of nitrogens with one attached hydrogen (secondary N) is 1. The molecule has 1 aromatic heterocycles. The highest BCUT2D eigenvalue weighted by Crippen LogP contribution is 2.27. The molecular weight excluding hydrogens is 388 g/mol. The number of piperidine rings is 1. The number of para-hydroxylation sites is 1. The van der Waals surface area contributed by atoms with Gasteiger partial charge in [0.1, 0.15) is 6.54 Å². The quantitative estimate of drug-likeness (QED) is 0.707. The van der Waals surface area contributed by atoms with Crippen LogP contribution in [0.2, 0.25) is 5.02 Å². The van der Waals surface area contributed by atoms with E-state index in [9.17, 15) is 9.59 Å². The van der Waals surface area contributed by atoms with Crippen LogP contribution in [0.1, 0.15) is 19.8 Å². The normalized spacial score (nSPS) is 16.8. The highest BCUT2D eigenvalue weighted by molar-refractivity contribution is 6.33. The third kappa shape index (κ3) is 4.12. The first-order chi connectivity index (χ1) is 14.0. The molecular formula is C22H23ClN4O2. The molecule has 0 spiro atoms. The molecule has 0 radical (unpaired) electrons. The van der Waals surface area contributed by atoms with Crippen LogP contribution in [0.25, 0.3) is 10.8 Å². The number of anilines is 2. The van der Waals surface area contributed by atoms with E-state index in [-0.39, 0.29) is 18.0 Å². The Morgan fingerprint density at radius 3 is 2.66 bits per heavy atom. The number of hydrogen-bond acceptors (Lipinski definition) is 4. The Kier molecular flexibility index (Phi) is 5.53. The number of aromatic nitrogens is 2. The van der Waals surface area contributed by atoms with E-state index in [2.05, 4.69) is 22.2 Å². The van der Waals surface area contributed by atoms with Crippen LogP contribution >= 0.6 is 11.6 Å². The van der Waals surface area contributed by atoms with Crippen LogP contribution in [-0.2, 0) is 11.3 Å². The van der Waals surface area contributed by atoms with Crippen LogP contribution in [-0.4, -0.2) is 28.8 Å². The lowest BCUT2D eigenvalue weighted by Gasteiger charge is -2.32. The zero-order valence-corrected chi connectivity index (χ0v) is 17.0. The average molecular weight is 411 g/mol. The van der Waals surface area contributed by atoms with Gasteiger partial charge in [-0.3, -0.25) is 9.59 Å². The standard InChI is InChI=1S/C22H23ClN4O2/c1-15-7-6-12-26(13-15)21-16-8-2-3-9-17(16)22(29)27(25-21)14-20(28)24-19-11-5-4-10-18(19)23/h2-5,8-11,15H,6-7,12-14H2,1H3,(H,24,28)/t15-/m1/s1. The molecule has 1 amide bonds. The van der Waals surface area contributed by atoms with E-state index in [0.29, 0.717) is 22.0 Å². The third-order valence-electron chi connectivity index (χ3n) is 5.25. The minimum absolute atomic E-state index is 0.175. The molecule has 1 aliphatic heterocycles. The first kappa shape index (κ1) is 19.5. The molecule has 150 valence electrons. The van der Waals surface area contributed by atoms with E-state index in [4.69, 9.17) is 11.6 Å². The van der Waals surface area contributed by atoms with Crippen LogP contribution in [0.4, 0.5) is 11.5 Å². The summed E-state index contributed by atoms with van der Waals surface area (Å²) in [5.74, 6) is 0.978. The molecule has 1 aliphatic rings. The zero-order valence-electron chi connectivity index (χ0n) is 16.3. The number of nitrogens with zero attached hydrogens (tertiary/aromatic N) is 3. The molecule has 7 heteroatoms. The predicted molar refractivity (Wildman–Crippen MR) is 117 cm³/mol. The number of fused-ring (bicyclic) bond motifs is 1. The maximum Gasteiger partial charge on any atom is 0.275 e. The van der Waals surface area contributed by atoms with Crippen molar-refractivity contribution < 1.29 is 4.79 Å². The molecule has 29 heavy (non-hydrogen) atoms. The van der Waals surface area contributed by atoms with E-state index in [1.807, 2.05) is 18.2 Å². The van der Waals surface area contributed by atoms with Crippen molar-refractivity contribution in [3.63, 3.8) is 0 Å². The predicted octanol–water partition coefficient (Wildman–Crippen LogP) is 3.92. The summed E-state index contributed by atoms with van der Waals surface area (Å²) in [6.07, 6.45) is 2.28. The van der Waals surface area contributed by atoms with Gasteiger partial charge in [-0.1, -0.05) is 48.9 Å². The Morgan fingerprint density at radius 1 is 1.17 bits per heavy atom. The van der Waals surface area contributed by atoms with Gasteiger partial charge in [0.15, 0.2) is 5.82 Å². The van der Waals surface area contributed by atoms with Crippen molar-refractivity contribution >= 4 is 39.8 Å². The number of carbonyl (C=O) groups excluding carboxylic acids is 1. The van der Waals surface area contributed by atoms with Crippen LogP contribution in [0.5, 0.6) is 0 Å². The summed E-state index contributed by atoms with van der Waals surface area (Å²) in [5.41, 5.74) is 0.238. The van der Waals surface area contributed by atoms with Crippen LogP contribution in [0, 0.1) is 5.92 Å². The largest absolute Gasteiger partial charge is 0.354 e. The summed E-state index contributed by atoms with van der Waals surface area (Å²) >= 11 is 6.12. The third-order valence-corrected chi connectivity index (χ3v) is 5.58. The SMILES string of the molecule is C[C@@H]1CCCN(c2nn(CC(=O)Nc3ccccc3Cl)c(=O)c3ccccc23)C1. The van der Waals surface area contributed by atoms with E-state index in [1.165, 1.54) is 11.1 Å². The number of benzene rings is 2. The van der Waals surface area contributed by atoms with Crippen LogP contribution in [0.15, 0.2) is 53.3 Å². The van der Waals surface area contributed by atoms with Gasteiger partial charge in [-0.2, -0.15) is 5.10 Å².